The monoisotopic (exact) mass is 365 g/mol. The second-order valence-corrected chi connectivity index (χ2v) is 6.78. The molecule has 0 saturated carbocycles. The van der Waals surface area contributed by atoms with Gasteiger partial charge in [-0.3, -0.25) is 9.59 Å². The SMILES string of the molecule is C=CCCCCCC(=O)NCCN(C)CCNC(=O)CCCCCC=C. The molecule has 26 heavy (non-hydrogen) atoms. The molecule has 0 aromatic carbocycles. The highest BCUT2D eigenvalue weighted by molar-refractivity contribution is 5.76. The number of carbonyl (C=O) groups is 2. The highest BCUT2D eigenvalue weighted by atomic mass is 16.2. The highest BCUT2D eigenvalue weighted by Crippen LogP contribution is 2.03. The van der Waals surface area contributed by atoms with Crippen molar-refractivity contribution in [1.82, 2.24) is 15.5 Å². The van der Waals surface area contributed by atoms with Gasteiger partial charge in [0.05, 0.1) is 0 Å². The van der Waals surface area contributed by atoms with Crippen molar-refractivity contribution >= 4 is 11.8 Å². The molecule has 0 fully saturated rings. The molecule has 2 N–H and O–H groups in total. The second-order valence-electron chi connectivity index (χ2n) is 6.78. The van der Waals surface area contributed by atoms with Gasteiger partial charge in [-0.2, -0.15) is 0 Å². The maximum atomic E-state index is 11.7. The Kier molecular flexibility index (Phi) is 17.0. The minimum atomic E-state index is 0.127. The summed E-state index contributed by atoms with van der Waals surface area (Å²) in [5.41, 5.74) is 0. The first kappa shape index (κ1) is 24.4. The van der Waals surface area contributed by atoms with Crippen molar-refractivity contribution in [2.45, 2.75) is 64.2 Å². The highest BCUT2D eigenvalue weighted by Gasteiger charge is 2.04. The third-order valence-corrected chi connectivity index (χ3v) is 4.26. The quantitative estimate of drug-likeness (QED) is 0.289. The van der Waals surface area contributed by atoms with Gasteiger partial charge in [0.15, 0.2) is 0 Å². The summed E-state index contributed by atoms with van der Waals surface area (Å²) in [5.74, 6) is 0.253. The Morgan fingerprint density at radius 2 is 1.19 bits per heavy atom. The van der Waals surface area contributed by atoms with Crippen LogP contribution in [0.15, 0.2) is 25.3 Å². The van der Waals surface area contributed by atoms with Crippen LogP contribution in [0.5, 0.6) is 0 Å². The van der Waals surface area contributed by atoms with Crippen LogP contribution in [-0.2, 0) is 9.59 Å². The molecule has 0 radical (unpaired) electrons. The first-order valence-electron chi connectivity index (χ1n) is 10.0. The normalized spacial score (nSPS) is 10.5. The van der Waals surface area contributed by atoms with Crippen molar-refractivity contribution in [1.29, 1.82) is 0 Å². The first-order valence-corrected chi connectivity index (χ1v) is 10.0. The van der Waals surface area contributed by atoms with E-state index in [-0.39, 0.29) is 11.8 Å². The molecule has 150 valence electrons. The number of hydrogen-bond donors (Lipinski definition) is 2. The number of allylic oxidation sites excluding steroid dienone is 2. The standard InChI is InChI=1S/C21H39N3O2/c1-4-6-8-10-12-14-20(25)22-16-18-24(3)19-17-23-21(26)15-13-11-9-7-5-2/h4-5H,1-2,6-19H2,3H3,(H,22,25)(H,23,26). The molecule has 0 heterocycles. The molecule has 0 bridgehead atoms. The zero-order valence-electron chi connectivity index (χ0n) is 16.7. The molecule has 0 spiro atoms. The predicted molar refractivity (Wildman–Crippen MR) is 110 cm³/mol. The average molecular weight is 366 g/mol. The number of carbonyl (C=O) groups excluding carboxylic acids is 2. The molecule has 0 unspecified atom stereocenters. The summed E-state index contributed by atoms with van der Waals surface area (Å²) in [5, 5.41) is 5.91. The zero-order chi connectivity index (χ0) is 19.5. The van der Waals surface area contributed by atoms with Gasteiger partial charge >= 0.3 is 0 Å². The fourth-order valence-electron chi connectivity index (χ4n) is 2.56. The van der Waals surface area contributed by atoms with Gasteiger partial charge in [-0.05, 0) is 45.6 Å². The van der Waals surface area contributed by atoms with Crippen LogP contribution in [0, 0.1) is 0 Å². The topological polar surface area (TPSA) is 61.4 Å². The van der Waals surface area contributed by atoms with E-state index in [2.05, 4.69) is 28.7 Å². The molecule has 0 aliphatic heterocycles. The lowest BCUT2D eigenvalue weighted by molar-refractivity contribution is -0.121. The summed E-state index contributed by atoms with van der Waals surface area (Å²) >= 11 is 0. The predicted octanol–water partition coefficient (Wildman–Crippen LogP) is 3.42. The summed E-state index contributed by atoms with van der Waals surface area (Å²) in [4.78, 5) is 25.5. The third kappa shape index (κ3) is 17.2. The van der Waals surface area contributed by atoms with Gasteiger partial charge in [0.2, 0.25) is 11.8 Å². The molecule has 5 nitrogen and oxygen atoms in total. The van der Waals surface area contributed by atoms with Crippen LogP contribution in [0.25, 0.3) is 0 Å². The van der Waals surface area contributed by atoms with Gasteiger partial charge in [-0.15, -0.1) is 13.2 Å². The molecule has 0 aromatic heterocycles. The largest absolute Gasteiger partial charge is 0.355 e. The van der Waals surface area contributed by atoms with Crippen LogP contribution in [-0.4, -0.2) is 49.9 Å². The summed E-state index contributed by atoms with van der Waals surface area (Å²) in [6.07, 6.45) is 13.3. The summed E-state index contributed by atoms with van der Waals surface area (Å²) in [7, 11) is 2.00. The number of amides is 2. The second kappa shape index (κ2) is 18.2. The van der Waals surface area contributed by atoms with Gasteiger partial charge in [0.1, 0.15) is 0 Å². The molecule has 5 heteroatoms. The number of unbranched alkanes of at least 4 members (excludes halogenated alkanes) is 6. The van der Waals surface area contributed by atoms with Gasteiger partial charge in [-0.25, -0.2) is 0 Å². The Morgan fingerprint density at radius 1 is 0.769 bits per heavy atom. The lowest BCUT2D eigenvalue weighted by atomic mass is 10.1. The molecule has 0 rings (SSSR count). The van der Waals surface area contributed by atoms with E-state index in [1.807, 2.05) is 19.2 Å². The maximum absolute atomic E-state index is 11.7. The van der Waals surface area contributed by atoms with Gasteiger partial charge in [-0.1, -0.05) is 25.0 Å². The smallest absolute Gasteiger partial charge is 0.220 e. The van der Waals surface area contributed by atoms with E-state index >= 15 is 0 Å². The minimum absolute atomic E-state index is 0.127. The Hall–Kier alpha value is -1.62. The Bertz CT molecular complexity index is 361. The van der Waals surface area contributed by atoms with Crippen molar-refractivity contribution in [2.24, 2.45) is 0 Å². The van der Waals surface area contributed by atoms with Gasteiger partial charge in [0.25, 0.3) is 0 Å². The van der Waals surface area contributed by atoms with Crippen molar-refractivity contribution < 1.29 is 9.59 Å². The molecule has 0 saturated heterocycles. The summed E-state index contributed by atoms with van der Waals surface area (Å²) in [6.45, 7) is 10.3. The van der Waals surface area contributed by atoms with Crippen molar-refractivity contribution in [3.8, 4) is 0 Å². The summed E-state index contributed by atoms with van der Waals surface area (Å²) < 4.78 is 0. The third-order valence-electron chi connectivity index (χ3n) is 4.26. The Labute approximate surface area is 160 Å². The maximum Gasteiger partial charge on any atom is 0.220 e. The zero-order valence-corrected chi connectivity index (χ0v) is 16.7. The van der Waals surface area contributed by atoms with E-state index in [0.29, 0.717) is 25.9 Å². The van der Waals surface area contributed by atoms with E-state index in [1.165, 1.54) is 0 Å². The van der Waals surface area contributed by atoms with Crippen LogP contribution in [0.4, 0.5) is 0 Å². The van der Waals surface area contributed by atoms with E-state index < -0.39 is 0 Å². The van der Waals surface area contributed by atoms with Crippen LogP contribution in [0.1, 0.15) is 64.2 Å². The number of likely N-dealkylation sites (N-methyl/N-ethyl adjacent to an activating group) is 1. The van der Waals surface area contributed by atoms with E-state index in [1.54, 1.807) is 0 Å². The van der Waals surface area contributed by atoms with E-state index in [4.69, 9.17) is 0 Å². The molecule has 0 aromatic rings. The van der Waals surface area contributed by atoms with Crippen molar-refractivity contribution in [3.63, 3.8) is 0 Å². The fourth-order valence-corrected chi connectivity index (χ4v) is 2.56. The van der Waals surface area contributed by atoms with E-state index in [0.717, 1.165) is 64.5 Å². The lowest BCUT2D eigenvalue weighted by Gasteiger charge is -2.17. The number of nitrogens with one attached hydrogen (secondary N) is 2. The molecular formula is C21H39N3O2. The minimum Gasteiger partial charge on any atom is -0.355 e. The number of rotatable bonds is 18. The average Bonchev–Trinajstić information content (AvgIpc) is 2.61. The molecule has 0 aliphatic rings. The van der Waals surface area contributed by atoms with Crippen LogP contribution >= 0.6 is 0 Å². The molecular weight excluding hydrogens is 326 g/mol. The van der Waals surface area contributed by atoms with Crippen LogP contribution in [0.3, 0.4) is 0 Å². The van der Waals surface area contributed by atoms with Crippen molar-refractivity contribution in [2.75, 3.05) is 33.2 Å². The number of hydrogen-bond acceptors (Lipinski definition) is 3. The molecule has 0 atom stereocenters. The molecule has 2 amide bonds. The number of nitrogens with zero attached hydrogens (tertiary/aromatic N) is 1. The molecule has 0 aliphatic carbocycles. The van der Waals surface area contributed by atoms with Gasteiger partial charge < -0.3 is 15.5 Å². The summed E-state index contributed by atoms with van der Waals surface area (Å²) in [6, 6.07) is 0. The van der Waals surface area contributed by atoms with Gasteiger partial charge in [0, 0.05) is 39.0 Å². The van der Waals surface area contributed by atoms with Crippen LogP contribution in [0.2, 0.25) is 0 Å². The Balaban J connectivity index is 3.48. The fraction of sp³-hybridized carbons (Fsp3) is 0.714. The Morgan fingerprint density at radius 3 is 1.58 bits per heavy atom. The van der Waals surface area contributed by atoms with Crippen LogP contribution < -0.4 is 10.6 Å². The lowest BCUT2D eigenvalue weighted by Crippen LogP contribution is -2.37. The van der Waals surface area contributed by atoms with E-state index in [9.17, 15) is 9.59 Å². The van der Waals surface area contributed by atoms with Crippen molar-refractivity contribution in [3.05, 3.63) is 25.3 Å². The first-order chi connectivity index (χ1) is 12.6.